The number of unbranched alkanes of at least 4 members (excludes halogenated alkanes) is 2. The minimum atomic E-state index is -0.0260. The molecule has 0 atom stereocenters. The second-order valence-corrected chi connectivity index (χ2v) is 7.95. The van der Waals surface area contributed by atoms with Gasteiger partial charge in [0.05, 0.1) is 0 Å². The molecule has 1 nitrogen and oxygen atoms in total. The minimum absolute atomic E-state index is 0.0260. The van der Waals surface area contributed by atoms with Gasteiger partial charge in [-0.05, 0) is 73.6 Å². The molecule has 2 heteroatoms. The molecule has 0 aliphatic heterocycles. The standard InChI is InChI=1S/C25H33FO/c1-3-5-7-8-19-9-11-20(12-10-19)23-15-13-21-18-22(27-17-6-4-2)14-16-24(21)25(23)26/h4,6,13-16,18-20H,3,5,7-12,17H2,1-2H3. The van der Waals surface area contributed by atoms with Gasteiger partial charge in [0, 0.05) is 5.39 Å². The maximum atomic E-state index is 15.2. The molecular weight excluding hydrogens is 335 g/mol. The van der Waals surface area contributed by atoms with Gasteiger partial charge in [-0.2, -0.15) is 0 Å². The lowest BCUT2D eigenvalue weighted by molar-refractivity contribution is 0.299. The fourth-order valence-corrected chi connectivity index (χ4v) is 4.38. The van der Waals surface area contributed by atoms with Gasteiger partial charge >= 0.3 is 0 Å². The summed E-state index contributed by atoms with van der Waals surface area (Å²) in [6.07, 6.45) is 14.0. The van der Waals surface area contributed by atoms with Crippen molar-refractivity contribution in [2.24, 2.45) is 5.92 Å². The first-order chi connectivity index (χ1) is 13.2. The van der Waals surface area contributed by atoms with Crippen LogP contribution in [0.25, 0.3) is 10.8 Å². The number of allylic oxidation sites excluding steroid dienone is 1. The van der Waals surface area contributed by atoms with Crippen LogP contribution in [0, 0.1) is 11.7 Å². The Morgan fingerprint density at radius 3 is 2.63 bits per heavy atom. The highest BCUT2D eigenvalue weighted by Crippen LogP contribution is 2.40. The molecule has 1 fully saturated rings. The molecule has 1 aliphatic carbocycles. The Balaban J connectivity index is 1.67. The van der Waals surface area contributed by atoms with E-state index in [4.69, 9.17) is 4.74 Å². The summed E-state index contributed by atoms with van der Waals surface area (Å²) in [5.74, 6) is 2.00. The molecule has 27 heavy (non-hydrogen) atoms. The van der Waals surface area contributed by atoms with Crippen molar-refractivity contribution in [3.05, 3.63) is 53.9 Å². The fourth-order valence-electron chi connectivity index (χ4n) is 4.38. The Morgan fingerprint density at radius 1 is 1.07 bits per heavy atom. The van der Waals surface area contributed by atoms with E-state index in [1.807, 2.05) is 43.3 Å². The lowest BCUT2D eigenvalue weighted by Crippen LogP contribution is -2.14. The third-order valence-corrected chi connectivity index (χ3v) is 6.04. The molecule has 0 aromatic heterocycles. The molecule has 0 bridgehead atoms. The van der Waals surface area contributed by atoms with Gasteiger partial charge in [-0.1, -0.05) is 56.9 Å². The van der Waals surface area contributed by atoms with Crippen molar-refractivity contribution in [2.75, 3.05) is 6.61 Å². The highest BCUT2D eigenvalue weighted by molar-refractivity contribution is 5.85. The van der Waals surface area contributed by atoms with Gasteiger partial charge in [-0.25, -0.2) is 4.39 Å². The van der Waals surface area contributed by atoms with Crippen LogP contribution in [0.1, 0.15) is 76.7 Å². The molecule has 146 valence electrons. The van der Waals surface area contributed by atoms with Crippen LogP contribution < -0.4 is 4.74 Å². The van der Waals surface area contributed by atoms with Crippen molar-refractivity contribution in [2.45, 2.75) is 71.1 Å². The highest BCUT2D eigenvalue weighted by atomic mass is 19.1. The zero-order chi connectivity index (χ0) is 19.1. The van der Waals surface area contributed by atoms with Crippen LogP contribution in [-0.4, -0.2) is 6.61 Å². The monoisotopic (exact) mass is 368 g/mol. The zero-order valence-corrected chi connectivity index (χ0v) is 16.8. The molecule has 0 saturated heterocycles. The topological polar surface area (TPSA) is 9.23 Å². The van der Waals surface area contributed by atoms with E-state index in [0.29, 0.717) is 12.5 Å². The maximum absolute atomic E-state index is 15.2. The summed E-state index contributed by atoms with van der Waals surface area (Å²) < 4.78 is 20.9. The molecule has 3 rings (SSSR count). The predicted molar refractivity (Wildman–Crippen MR) is 113 cm³/mol. The molecule has 0 N–H and O–H groups in total. The predicted octanol–water partition coefficient (Wildman–Crippen LogP) is 7.79. The first kappa shape index (κ1) is 19.9. The molecular formula is C25H33FO. The van der Waals surface area contributed by atoms with Crippen LogP contribution in [0.3, 0.4) is 0 Å². The molecule has 2 aromatic carbocycles. The second-order valence-electron chi connectivity index (χ2n) is 7.95. The van der Waals surface area contributed by atoms with Crippen molar-refractivity contribution < 1.29 is 9.13 Å². The Labute approximate surface area is 163 Å². The van der Waals surface area contributed by atoms with Gasteiger partial charge in [0.1, 0.15) is 18.2 Å². The summed E-state index contributed by atoms with van der Waals surface area (Å²) in [5.41, 5.74) is 0.914. The largest absolute Gasteiger partial charge is 0.490 e. The SMILES string of the molecule is CC=CCOc1ccc2c(F)c(C3CCC(CCCCC)CC3)ccc2c1. The van der Waals surface area contributed by atoms with E-state index in [-0.39, 0.29) is 5.82 Å². The second kappa shape index (κ2) is 9.92. The number of hydrogen-bond donors (Lipinski definition) is 0. The third kappa shape index (κ3) is 5.12. The van der Waals surface area contributed by atoms with Gasteiger partial charge in [0.25, 0.3) is 0 Å². The Hall–Kier alpha value is -1.83. The smallest absolute Gasteiger partial charge is 0.134 e. The van der Waals surface area contributed by atoms with E-state index in [1.54, 1.807) is 0 Å². The number of hydrogen-bond acceptors (Lipinski definition) is 1. The molecule has 0 spiro atoms. The van der Waals surface area contributed by atoms with Crippen LogP contribution in [0.4, 0.5) is 4.39 Å². The summed E-state index contributed by atoms with van der Waals surface area (Å²) in [5, 5.41) is 1.64. The summed E-state index contributed by atoms with van der Waals surface area (Å²) in [6.45, 7) is 4.78. The molecule has 0 radical (unpaired) electrons. The average Bonchev–Trinajstić information content (AvgIpc) is 2.69. The van der Waals surface area contributed by atoms with Crippen molar-refractivity contribution in [3.63, 3.8) is 0 Å². The quantitative estimate of drug-likeness (QED) is 0.341. The van der Waals surface area contributed by atoms with Crippen molar-refractivity contribution in [3.8, 4) is 5.75 Å². The zero-order valence-electron chi connectivity index (χ0n) is 16.8. The summed E-state index contributed by atoms with van der Waals surface area (Å²) in [6, 6.07) is 9.76. The van der Waals surface area contributed by atoms with Gasteiger partial charge in [0.2, 0.25) is 0 Å². The average molecular weight is 369 g/mol. The van der Waals surface area contributed by atoms with E-state index >= 15 is 4.39 Å². The van der Waals surface area contributed by atoms with Crippen molar-refractivity contribution >= 4 is 10.8 Å². The van der Waals surface area contributed by atoms with Crippen LogP contribution in [0.2, 0.25) is 0 Å². The van der Waals surface area contributed by atoms with Gasteiger partial charge in [0.15, 0.2) is 0 Å². The van der Waals surface area contributed by atoms with E-state index in [9.17, 15) is 0 Å². The Morgan fingerprint density at radius 2 is 1.89 bits per heavy atom. The molecule has 0 heterocycles. The Kier molecular flexibility index (Phi) is 7.32. The van der Waals surface area contributed by atoms with Crippen molar-refractivity contribution in [1.29, 1.82) is 0 Å². The highest BCUT2D eigenvalue weighted by Gasteiger charge is 2.24. The van der Waals surface area contributed by atoms with Crippen LogP contribution in [0.15, 0.2) is 42.5 Å². The van der Waals surface area contributed by atoms with Crippen LogP contribution in [0.5, 0.6) is 5.75 Å². The number of halogens is 1. The maximum Gasteiger partial charge on any atom is 0.134 e. The summed E-state index contributed by atoms with van der Waals surface area (Å²) in [4.78, 5) is 0. The molecule has 1 aliphatic rings. The third-order valence-electron chi connectivity index (χ3n) is 6.04. The minimum Gasteiger partial charge on any atom is -0.490 e. The molecule has 1 saturated carbocycles. The number of rotatable bonds is 8. The molecule has 2 aromatic rings. The van der Waals surface area contributed by atoms with Gasteiger partial charge < -0.3 is 4.74 Å². The Bertz CT molecular complexity index is 756. The van der Waals surface area contributed by atoms with Crippen LogP contribution >= 0.6 is 0 Å². The van der Waals surface area contributed by atoms with E-state index in [0.717, 1.165) is 40.8 Å². The molecule has 0 amide bonds. The van der Waals surface area contributed by atoms with Crippen molar-refractivity contribution in [1.82, 2.24) is 0 Å². The molecule has 0 unspecified atom stereocenters. The first-order valence-electron chi connectivity index (χ1n) is 10.7. The number of ether oxygens (including phenoxy) is 1. The van der Waals surface area contributed by atoms with E-state index in [2.05, 4.69) is 13.0 Å². The number of fused-ring (bicyclic) bond motifs is 1. The van der Waals surface area contributed by atoms with Crippen LogP contribution in [-0.2, 0) is 0 Å². The number of benzene rings is 2. The fraction of sp³-hybridized carbons (Fsp3) is 0.520. The van der Waals surface area contributed by atoms with E-state index in [1.165, 1.54) is 38.5 Å². The first-order valence-corrected chi connectivity index (χ1v) is 10.7. The van der Waals surface area contributed by atoms with E-state index < -0.39 is 0 Å². The normalized spacial score (nSPS) is 20.4. The summed E-state index contributed by atoms with van der Waals surface area (Å²) in [7, 11) is 0. The van der Waals surface area contributed by atoms with Gasteiger partial charge in [-0.15, -0.1) is 0 Å². The summed E-state index contributed by atoms with van der Waals surface area (Å²) >= 11 is 0. The lowest BCUT2D eigenvalue weighted by Gasteiger charge is -2.29. The lowest BCUT2D eigenvalue weighted by atomic mass is 9.76. The van der Waals surface area contributed by atoms with Gasteiger partial charge in [-0.3, -0.25) is 0 Å².